The van der Waals surface area contributed by atoms with Crippen molar-refractivity contribution >= 4 is 24.0 Å². The number of amides is 1. The molecule has 1 amide bonds. The van der Waals surface area contributed by atoms with Crippen molar-refractivity contribution in [3.8, 4) is 0 Å². The normalized spacial score (nSPS) is 19.1. The van der Waals surface area contributed by atoms with Crippen molar-refractivity contribution in [1.29, 1.82) is 0 Å². The van der Waals surface area contributed by atoms with Gasteiger partial charge in [-0.05, 0) is 12.1 Å². The first-order valence-corrected chi connectivity index (χ1v) is 6.67. The number of nitrogens with one attached hydrogen (secondary N) is 1. The summed E-state index contributed by atoms with van der Waals surface area (Å²) in [4.78, 5) is 14.0. The maximum atomic E-state index is 11.8. The van der Waals surface area contributed by atoms with E-state index in [0.29, 0.717) is 19.6 Å². The zero-order chi connectivity index (χ0) is 13.5. The number of ether oxygens (including phenoxy) is 1. The SMILES string of the molecule is Cl.NCC1CN(CCC(=O)Nc2ccccc2)CCO1. The molecule has 5 nitrogen and oxygen atoms in total. The minimum absolute atomic E-state index is 0. The van der Waals surface area contributed by atoms with Gasteiger partial charge in [0.15, 0.2) is 0 Å². The molecule has 1 atom stereocenters. The molecule has 2 rings (SSSR count). The average molecular weight is 300 g/mol. The molecule has 6 heteroatoms. The quantitative estimate of drug-likeness (QED) is 0.854. The Bertz CT molecular complexity index is 403. The second-order valence-electron chi connectivity index (χ2n) is 4.69. The predicted octanol–water partition coefficient (Wildman–Crippen LogP) is 1.10. The van der Waals surface area contributed by atoms with Gasteiger partial charge in [0.05, 0.1) is 12.7 Å². The lowest BCUT2D eigenvalue weighted by Gasteiger charge is -2.32. The van der Waals surface area contributed by atoms with Gasteiger partial charge in [0, 0.05) is 38.3 Å². The lowest BCUT2D eigenvalue weighted by Crippen LogP contribution is -2.46. The summed E-state index contributed by atoms with van der Waals surface area (Å²) in [5, 5.41) is 2.89. The van der Waals surface area contributed by atoms with E-state index in [9.17, 15) is 4.79 Å². The number of hydrogen-bond acceptors (Lipinski definition) is 4. The number of nitrogens with two attached hydrogens (primary N) is 1. The molecule has 0 spiro atoms. The van der Waals surface area contributed by atoms with Gasteiger partial charge >= 0.3 is 0 Å². The summed E-state index contributed by atoms with van der Waals surface area (Å²) >= 11 is 0. The van der Waals surface area contributed by atoms with E-state index in [-0.39, 0.29) is 24.4 Å². The zero-order valence-corrected chi connectivity index (χ0v) is 12.3. The molecule has 112 valence electrons. The van der Waals surface area contributed by atoms with Crippen LogP contribution in [0.25, 0.3) is 0 Å². The van der Waals surface area contributed by atoms with Crippen molar-refractivity contribution in [2.75, 3.05) is 38.1 Å². The van der Waals surface area contributed by atoms with Crippen LogP contribution in [0.3, 0.4) is 0 Å². The Balaban J connectivity index is 0.00000200. The molecule has 1 aliphatic rings. The maximum Gasteiger partial charge on any atom is 0.225 e. The number of carbonyl (C=O) groups is 1. The predicted molar refractivity (Wildman–Crippen MR) is 82.2 cm³/mol. The Hall–Kier alpha value is -1.14. The van der Waals surface area contributed by atoms with Crippen LogP contribution in [0.4, 0.5) is 5.69 Å². The van der Waals surface area contributed by atoms with Gasteiger partial charge in [0.25, 0.3) is 0 Å². The Morgan fingerprint density at radius 3 is 2.85 bits per heavy atom. The van der Waals surface area contributed by atoms with Crippen LogP contribution in [0.5, 0.6) is 0 Å². The van der Waals surface area contributed by atoms with E-state index < -0.39 is 0 Å². The van der Waals surface area contributed by atoms with Crippen LogP contribution in [0.15, 0.2) is 30.3 Å². The maximum absolute atomic E-state index is 11.8. The average Bonchev–Trinajstić information content (AvgIpc) is 2.46. The number of carbonyl (C=O) groups excluding carboxylic acids is 1. The first kappa shape index (κ1) is 16.9. The summed E-state index contributed by atoms with van der Waals surface area (Å²) in [6, 6.07) is 9.51. The molecular weight excluding hydrogens is 278 g/mol. The summed E-state index contributed by atoms with van der Waals surface area (Å²) in [7, 11) is 0. The van der Waals surface area contributed by atoms with E-state index in [0.717, 1.165) is 25.3 Å². The zero-order valence-electron chi connectivity index (χ0n) is 11.5. The summed E-state index contributed by atoms with van der Waals surface area (Å²) in [5.74, 6) is 0.0435. The second kappa shape index (κ2) is 8.92. The second-order valence-corrected chi connectivity index (χ2v) is 4.69. The third-order valence-corrected chi connectivity index (χ3v) is 3.20. The van der Waals surface area contributed by atoms with Crippen LogP contribution in [0, 0.1) is 0 Å². The van der Waals surface area contributed by atoms with Gasteiger partial charge in [-0.2, -0.15) is 0 Å². The van der Waals surface area contributed by atoms with Crippen LogP contribution < -0.4 is 11.1 Å². The molecule has 20 heavy (non-hydrogen) atoms. The topological polar surface area (TPSA) is 67.6 Å². The van der Waals surface area contributed by atoms with Crippen molar-refractivity contribution in [3.05, 3.63) is 30.3 Å². The standard InChI is InChI=1S/C14H21N3O2.ClH/c15-10-13-11-17(8-9-19-13)7-6-14(18)16-12-4-2-1-3-5-12;/h1-5,13H,6-11,15H2,(H,16,18);1H. The molecule has 1 aromatic rings. The molecular formula is C14H22ClN3O2. The van der Waals surface area contributed by atoms with Gasteiger partial charge < -0.3 is 15.8 Å². The van der Waals surface area contributed by atoms with Crippen LogP contribution in [0.1, 0.15) is 6.42 Å². The Morgan fingerprint density at radius 2 is 2.15 bits per heavy atom. The Labute approximate surface area is 125 Å². The number of morpholine rings is 1. The van der Waals surface area contributed by atoms with Crippen molar-refractivity contribution < 1.29 is 9.53 Å². The molecule has 3 N–H and O–H groups in total. The number of nitrogens with zero attached hydrogens (tertiary/aromatic N) is 1. The lowest BCUT2D eigenvalue weighted by molar-refractivity contribution is -0.117. The van der Waals surface area contributed by atoms with Gasteiger partial charge in [-0.15, -0.1) is 12.4 Å². The molecule has 1 unspecified atom stereocenters. The molecule has 0 aliphatic carbocycles. The number of anilines is 1. The van der Waals surface area contributed by atoms with E-state index in [1.54, 1.807) is 0 Å². The minimum atomic E-state index is 0. The number of hydrogen-bond donors (Lipinski definition) is 2. The number of benzene rings is 1. The molecule has 1 aromatic carbocycles. The third kappa shape index (κ3) is 5.46. The molecule has 0 saturated carbocycles. The third-order valence-electron chi connectivity index (χ3n) is 3.20. The van der Waals surface area contributed by atoms with E-state index >= 15 is 0 Å². The molecule has 1 heterocycles. The molecule has 1 aliphatic heterocycles. The van der Waals surface area contributed by atoms with Gasteiger partial charge in [0.2, 0.25) is 5.91 Å². The number of halogens is 1. The Morgan fingerprint density at radius 1 is 1.40 bits per heavy atom. The highest BCUT2D eigenvalue weighted by atomic mass is 35.5. The van der Waals surface area contributed by atoms with Crippen molar-refractivity contribution in [3.63, 3.8) is 0 Å². The van der Waals surface area contributed by atoms with Crippen molar-refractivity contribution in [2.45, 2.75) is 12.5 Å². The van der Waals surface area contributed by atoms with Crippen molar-refractivity contribution in [2.24, 2.45) is 5.73 Å². The van der Waals surface area contributed by atoms with E-state index in [1.807, 2.05) is 30.3 Å². The smallest absolute Gasteiger partial charge is 0.225 e. The van der Waals surface area contributed by atoms with Gasteiger partial charge in [0.1, 0.15) is 0 Å². The molecule has 1 saturated heterocycles. The van der Waals surface area contributed by atoms with Gasteiger partial charge in [-0.1, -0.05) is 18.2 Å². The van der Waals surface area contributed by atoms with Crippen LogP contribution in [-0.4, -0.2) is 49.7 Å². The highest BCUT2D eigenvalue weighted by Gasteiger charge is 2.19. The highest BCUT2D eigenvalue weighted by Crippen LogP contribution is 2.07. The number of rotatable bonds is 5. The van der Waals surface area contributed by atoms with Crippen molar-refractivity contribution in [1.82, 2.24) is 4.90 Å². The van der Waals surface area contributed by atoms with Crippen LogP contribution in [-0.2, 0) is 9.53 Å². The monoisotopic (exact) mass is 299 g/mol. The summed E-state index contributed by atoms with van der Waals surface area (Å²) < 4.78 is 5.49. The van der Waals surface area contributed by atoms with Crippen LogP contribution in [0.2, 0.25) is 0 Å². The first-order valence-electron chi connectivity index (χ1n) is 6.67. The van der Waals surface area contributed by atoms with Gasteiger partial charge in [-0.3, -0.25) is 9.69 Å². The fourth-order valence-corrected chi connectivity index (χ4v) is 2.13. The fraction of sp³-hybridized carbons (Fsp3) is 0.500. The summed E-state index contributed by atoms with van der Waals surface area (Å²) in [5.41, 5.74) is 6.43. The Kier molecular flexibility index (Phi) is 7.54. The number of para-hydroxylation sites is 1. The fourth-order valence-electron chi connectivity index (χ4n) is 2.13. The molecule has 0 radical (unpaired) electrons. The molecule has 0 bridgehead atoms. The molecule has 1 fully saturated rings. The van der Waals surface area contributed by atoms with Crippen LogP contribution >= 0.6 is 12.4 Å². The van der Waals surface area contributed by atoms with Gasteiger partial charge in [-0.25, -0.2) is 0 Å². The first-order chi connectivity index (χ1) is 9.28. The summed E-state index contributed by atoms with van der Waals surface area (Å²) in [6.45, 7) is 3.66. The lowest BCUT2D eigenvalue weighted by atomic mass is 10.2. The minimum Gasteiger partial charge on any atom is -0.374 e. The largest absolute Gasteiger partial charge is 0.374 e. The van der Waals surface area contributed by atoms with E-state index in [1.165, 1.54) is 0 Å². The summed E-state index contributed by atoms with van der Waals surface area (Å²) in [6.07, 6.45) is 0.595. The molecule has 0 aromatic heterocycles. The highest BCUT2D eigenvalue weighted by molar-refractivity contribution is 5.90. The van der Waals surface area contributed by atoms with E-state index in [2.05, 4.69) is 10.2 Å². The van der Waals surface area contributed by atoms with E-state index in [4.69, 9.17) is 10.5 Å².